The summed E-state index contributed by atoms with van der Waals surface area (Å²) in [6.07, 6.45) is 0. The molecule has 28 heavy (non-hydrogen) atoms. The van der Waals surface area contributed by atoms with Gasteiger partial charge in [-0.1, -0.05) is 12.1 Å². The molecule has 1 aromatic heterocycles. The molecule has 1 aliphatic heterocycles. The lowest BCUT2D eigenvalue weighted by Crippen LogP contribution is -2.37. The second-order valence-electron chi connectivity index (χ2n) is 6.30. The number of anilines is 2. The summed E-state index contributed by atoms with van der Waals surface area (Å²) in [7, 11) is 1.58. The van der Waals surface area contributed by atoms with Crippen LogP contribution in [0, 0.1) is 0 Å². The van der Waals surface area contributed by atoms with Crippen molar-refractivity contribution in [2.45, 2.75) is 0 Å². The van der Waals surface area contributed by atoms with Crippen LogP contribution in [-0.4, -0.2) is 49.3 Å². The number of fused-ring (bicyclic) bond motifs is 1. The Morgan fingerprint density at radius 2 is 1.82 bits per heavy atom. The molecule has 0 radical (unpaired) electrons. The molecule has 0 saturated carbocycles. The lowest BCUT2D eigenvalue weighted by molar-refractivity contribution is 0.0962. The number of nitrogens with one attached hydrogen (secondary N) is 2. The van der Waals surface area contributed by atoms with Crippen molar-refractivity contribution in [1.29, 1.82) is 0 Å². The average Bonchev–Trinajstić information content (AvgIpc) is 2.77. The molecule has 2 aromatic carbocycles. The highest BCUT2D eigenvalue weighted by molar-refractivity contribution is 5.95. The Morgan fingerprint density at radius 1 is 1.07 bits per heavy atom. The lowest BCUT2D eigenvalue weighted by Gasteiger charge is -2.29. The summed E-state index contributed by atoms with van der Waals surface area (Å²) in [6, 6.07) is 14.7. The first-order valence-corrected chi connectivity index (χ1v) is 9.04. The summed E-state index contributed by atoms with van der Waals surface area (Å²) in [5.41, 5.74) is 6.79. The SMILES string of the molecule is COc1ccc(C(=O)NNc2nc(N3CCOCC3)c3ccccc3n2)cc1. The molecule has 2 N–H and O–H groups in total. The summed E-state index contributed by atoms with van der Waals surface area (Å²) >= 11 is 0. The number of para-hydroxylation sites is 1. The molecule has 0 spiro atoms. The van der Waals surface area contributed by atoms with Crippen molar-refractivity contribution in [3.8, 4) is 5.75 Å². The molecule has 2 heterocycles. The molecule has 8 heteroatoms. The highest BCUT2D eigenvalue weighted by Gasteiger charge is 2.17. The average molecular weight is 379 g/mol. The van der Waals surface area contributed by atoms with E-state index in [2.05, 4.69) is 25.7 Å². The number of amides is 1. The third-order valence-electron chi connectivity index (χ3n) is 4.53. The quantitative estimate of drug-likeness (QED) is 0.657. The van der Waals surface area contributed by atoms with Crippen LogP contribution in [0.3, 0.4) is 0 Å². The number of benzene rings is 2. The van der Waals surface area contributed by atoms with Crippen molar-refractivity contribution in [3.05, 3.63) is 54.1 Å². The zero-order valence-corrected chi connectivity index (χ0v) is 15.5. The van der Waals surface area contributed by atoms with Gasteiger partial charge in [-0.15, -0.1) is 0 Å². The van der Waals surface area contributed by atoms with E-state index < -0.39 is 0 Å². The van der Waals surface area contributed by atoms with E-state index in [-0.39, 0.29) is 5.91 Å². The molecular weight excluding hydrogens is 358 g/mol. The Bertz CT molecular complexity index is 971. The number of aromatic nitrogens is 2. The van der Waals surface area contributed by atoms with Crippen LogP contribution in [0.1, 0.15) is 10.4 Å². The smallest absolute Gasteiger partial charge is 0.269 e. The minimum Gasteiger partial charge on any atom is -0.497 e. The van der Waals surface area contributed by atoms with E-state index in [1.165, 1.54) is 0 Å². The van der Waals surface area contributed by atoms with Crippen LogP contribution in [0.15, 0.2) is 48.5 Å². The fourth-order valence-electron chi connectivity index (χ4n) is 3.06. The van der Waals surface area contributed by atoms with Gasteiger partial charge in [0.1, 0.15) is 11.6 Å². The van der Waals surface area contributed by atoms with Gasteiger partial charge in [0, 0.05) is 24.0 Å². The van der Waals surface area contributed by atoms with Gasteiger partial charge in [-0.3, -0.25) is 15.6 Å². The fraction of sp³-hybridized carbons (Fsp3) is 0.250. The molecule has 8 nitrogen and oxygen atoms in total. The molecule has 1 amide bonds. The van der Waals surface area contributed by atoms with E-state index >= 15 is 0 Å². The summed E-state index contributed by atoms with van der Waals surface area (Å²) < 4.78 is 10.6. The van der Waals surface area contributed by atoms with Crippen LogP contribution < -0.4 is 20.5 Å². The first-order valence-electron chi connectivity index (χ1n) is 9.04. The third kappa shape index (κ3) is 3.81. The van der Waals surface area contributed by atoms with Crippen LogP contribution in [0.25, 0.3) is 10.9 Å². The molecule has 0 bridgehead atoms. The Balaban J connectivity index is 1.55. The van der Waals surface area contributed by atoms with Crippen LogP contribution in [0.5, 0.6) is 5.75 Å². The van der Waals surface area contributed by atoms with Crippen LogP contribution in [0.4, 0.5) is 11.8 Å². The minimum absolute atomic E-state index is 0.285. The van der Waals surface area contributed by atoms with Gasteiger partial charge >= 0.3 is 0 Å². The lowest BCUT2D eigenvalue weighted by atomic mass is 10.2. The Kier molecular flexibility index (Phi) is 5.20. The molecule has 1 aliphatic rings. The van der Waals surface area contributed by atoms with E-state index in [1.54, 1.807) is 31.4 Å². The zero-order chi connectivity index (χ0) is 19.3. The predicted octanol–water partition coefficient (Wildman–Crippen LogP) is 2.23. The monoisotopic (exact) mass is 379 g/mol. The molecule has 4 rings (SSSR count). The standard InChI is InChI=1S/C20H21N5O3/c1-27-15-8-6-14(7-9-15)19(26)23-24-20-21-17-5-3-2-4-16(17)18(22-20)25-10-12-28-13-11-25/h2-9H,10-13H2,1H3,(H,23,26)(H,21,22,24). The maximum absolute atomic E-state index is 12.4. The van der Waals surface area contributed by atoms with E-state index in [4.69, 9.17) is 9.47 Å². The Labute approximate surface area is 162 Å². The number of nitrogens with zero attached hydrogens (tertiary/aromatic N) is 3. The Morgan fingerprint density at radius 3 is 2.57 bits per heavy atom. The van der Waals surface area contributed by atoms with Crippen LogP contribution in [0.2, 0.25) is 0 Å². The molecule has 0 atom stereocenters. The van der Waals surface area contributed by atoms with E-state index in [0.717, 1.165) is 29.8 Å². The van der Waals surface area contributed by atoms with Crippen molar-refractivity contribution in [2.75, 3.05) is 43.7 Å². The van der Waals surface area contributed by atoms with Crippen molar-refractivity contribution < 1.29 is 14.3 Å². The number of hydrazine groups is 1. The van der Waals surface area contributed by atoms with Crippen molar-refractivity contribution >= 4 is 28.6 Å². The number of morpholine rings is 1. The second kappa shape index (κ2) is 8.10. The number of hydrogen-bond donors (Lipinski definition) is 2. The predicted molar refractivity (Wildman–Crippen MR) is 107 cm³/mol. The first kappa shape index (κ1) is 18.0. The molecule has 1 fully saturated rings. The van der Waals surface area contributed by atoms with Gasteiger partial charge in [0.2, 0.25) is 5.95 Å². The fourth-order valence-corrected chi connectivity index (χ4v) is 3.06. The second-order valence-corrected chi connectivity index (χ2v) is 6.30. The zero-order valence-electron chi connectivity index (χ0n) is 15.5. The maximum Gasteiger partial charge on any atom is 0.269 e. The van der Waals surface area contributed by atoms with Crippen molar-refractivity contribution in [1.82, 2.24) is 15.4 Å². The van der Waals surface area contributed by atoms with Gasteiger partial charge in [-0.25, -0.2) is 4.98 Å². The van der Waals surface area contributed by atoms with Gasteiger partial charge < -0.3 is 14.4 Å². The van der Waals surface area contributed by atoms with Gasteiger partial charge in [0.05, 0.1) is 25.8 Å². The summed E-state index contributed by atoms with van der Waals surface area (Å²) in [5.74, 6) is 1.57. The van der Waals surface area contributed by atoms with Gasteiger partial charge in [0.25, 0.3) is 5.91 Å². The van der Waals surface area contributed by atoms with E-state index in [1.807, 2.05) is 24.3 Å². The largest absolute Gasteiger partial charge is 0.497 e. The molecular formula is C20H21N5O3. The summed E-state index contributed by atoms with van der Waals surface area (Å²) in [5, 5.41) is 0.969. The number of carbonyl (C=O) groups excluding carboxylic acids is 1. The molecule has 0 unspecified atom stereocenters. The minimum atomic E-state index is -0.285. The van der Waals surface area contributed by atoms with Crippen LogP contribution in [-0.2, 0) is 4.74 Å². The third-order valence-corrected chi connectivity index (χ3v) is 4.53. The molecule has 3 aromatic rings. The maximum atomic E-state index is 12.4. The number of carbonyl (C=O) groups is 1. The highest BCUT2D eigenvalue weighted by Crippen LogP contribution is 2.25. The normalized spacial score (nSPS) is 14.0. The number of hydrogen-bond acceptors (Lipinski definition) is 7. The number of ether oxygens (including phenoxy) is 2. The van der Waals surface area contributed by atoms with Crippen LogP contribution >= 0.6 is 0 Å². The Hall–Kier alpha value is -3.39. The van der Waals surface area contributed by atoms with E-state index in [0.29, 0.717) is 30.5 Å². The summed E-state index contributed by atoms with van der Waals surface area (Å²) in [4.78, 5) is 23.7. The first-order chi connectivity index (χ1) is 13.7. The number of methoxy groups -OCH3 is 1. The molecule has 0 aliphatic carbocycles. The molecule has 144 valence electrons. The summed E-state index contributed by atoms with van der Waals surface area (Å²) in [6.45, 7) is 2.85. The van der Waals surface area contributed by atoms with Gasteiger partial charge in [0.15, 0.2) is 0 Å². The number of rotatable bonds is 5. The highest BCUT2D eigenvalue weighted by atomic mass is 16.5. The molecule has 1 saturated heterocycles. The van der Waals surface area contributed by atoms with Gasteiger partial charge in [-0.05, 0) is 36.4 Å². The van der Waals surface area contributed by atoms with Crippen molar-refractivity contribution in [3.63, 3.8) is 0 Å². The van der Waals surface area contributed by atoms with Gasteiger partial charge in [-0.2, -0.15) is 4.98 Å². The van der Waals surface area contributed by atoms with E-state index in [9.17, 15) is 4.79 Å². The topological polar surface area (TPSA) is 88.6 Å². The van der Waals surface area contributed by atoms with Crippen molar-refractivity contribution in [2.24, 2.45) is 0 Å².